The van der Waals surface area contributed by atoms with E-state index in [0.29, 0.717) is 12.8 Å². The molecule has 238 valence electrons. The first kappa shape index (κ1) is 36.5. The molecule has 0 unspecified atom stereocenters. The van der Waals surface area contributed by atoms with Gasteiger partial charge < -0.3 is 35.6 Å². The molecule has 5 N–H and O–H groups in total. The van der Waals surface area contributed by atoms with Crippen LogP contribution in [0.3, 0.4) is 0 Å². The quantitative estimate of drug-likeness (QED) is 0.112. The lowest BCUT2D eigenvalue weighted by Crippen LogP contribution is -2.48. The van der Waals surface area contributed by atoms with E-state index >= 15 is 0 Å². The van der Waals surface area contributed by atoms with E-state index in [-0.39, 0.29) is 44.7 Å². The molecule has 0 fully saturated rings. The largest absolute Gasteiger partial charge is 0.481 e. The van der Waals surface area contributed by atoms with Gasteiger partial charge in [-0.05, 0) is 52.0 Å². The van der Waals surface area contributed by atoms with Crippen LogP contribution in [0.25, 0.3) is 0 Å². The number of esters is 2. The Labute approximate surface area is 249 Å². The minimum Gasteiger partial charge on any atom is -0.481 e. The molecule has 0 aliphatic carbocycles. The summed E-state index contributed by atoms with van der Waals surface area (Å²) in [6.45, 7) is 4.54. The number of rotatable bonds is 19. The summed E-state index contributed by atoms with van der Waals surface area (Å²) in [6, 6.07) is 6.49. The van der Waals surface area contributed by atoms with Crippen molar-refractivity contribution in [3.05, 3.63) is 35.9 Å². The Morgan fingerprint density at radius 3 is 1.98 bits per heavy atom. The van der Waals surface area contributed by atoms with Crippen molar-refractivity contribution in [1.82, 2.24) is 16.0 Å². The van der Waals surface area contributed by atoms with Crippen molar-refractivity contribution in [2.24, 2.45) is 0 Å². The highest BCUT2D eigenvalue weighted by Crippen LogP contribution is 2.11. The average Bonchev–Trinajstić information content (AvgIpc) is 2.92. The Morgan fingerprint density at radius 2 is 1.37 bits per heavy atom. The molecule has 0 aromatic heterocycles. The van der Waals surface area contributed by atoms with Crippen LogP contribution in [0.15, 0.2) is 30.3 Å². The Balaban J connectivity index is 2.50. The molecule has 14 heteroatoms. The van der Waals surface area contributed by atoms with E-state index in [4.69, 9.17) is 14.6 Å². The molecule has 0 saturated heterocycles. The Kier molecular flexibility index (Phi) is 16.0. The molecule has 1 aromatic rings. The number of carboxylic acids is 2. The molecule has 2 atom stereocenters. The number of hydrogen-bond donors (Lipinski definition) is 5. The molecule has 1 aromatic carbocycles. The molecule has 0 bridgehead atoms. The van der Waals surface area contributed by atoms with Crippen molar-refractivity contribution < 1.29 is 53.2 Å². The second-order valence-electron chi connectivity index (χ2n) is 10.7. The van der Waals surface area contributed by atoms with Crippen molar-refractivity contribution in [3.8, 4) is 0 Å². The van der Waals surface area contributed by atoms with Crippen LogP contribution < -0.4 is 16.0 Å². The number of benzene rings is 1. The third kappa shape index (κ3) is 17.8. The van der Waals surface area contributed by atoms with Crippen LogP contribution in [0.4, 0.5) is 0 Å². The first-order chi connectivity index (χ1) is 20.2. The minimum atomic E-state index is -1.44. The van der Waals surface area contributed by atoms with Crippen molar-refractivity contribution in [1.29, 1.82) is 0 Å². The van der Waals surface area contributed by atoms with E-state index in [9.17, 15) is 38.7 Å². The van der Waals surface area contributed by atoms with Crippen LogP contribution in [-0.2, 0) is 49.6 Å². The summed E-state index contributed by atoms with van der Waals surface area (Å²) in [5.74, 6) is -5.78. The van der Waals surface area contributed by atoms with Gasteiger partial charge in [-0.3, -0.25) is 24.0 Å². The molecule has 14 nitrogen and oxygen atoms in total. The van der Waals surface area contributed by atoms with Gasteiger partial charge in [-0.25, -0.2) is 9.59 Å². The van der Waals surface area contributed by atoms with Crippen LogP contribution in [0.5, 0.6) is 0 Å². The zero-order valence-corrected chi connectivity index (χ0v) is 24.7. The second-order valence-corrected chi connectivity index (χ2v) is 10.7. The highest BCUT2D eigenvalue weighted by molar-refractivity contribution is 5.89. The van der Waals surface area contributed by atoms with Gasteiger partial charge in [-0.15, -0.1) is 0 Å². The molecule has 0 saturated carbocycles. The summed E-state index contributed by atoms with van der Waals surface area (Å²) in [6.07, 6.45) is -0.433. The van der Waals surface area contributed by atoms with Crippen LogP contribution in [0.2, 0.25) is 0 Å². The molecule has 0 radical (unpaired) electrons. The molecule has 0 heterocycles. The van der Waals surface area contributed by atoms with Crippen LogP contribution in [0, 0.1) is 0 Å². The number of carboxylic acid groups (broad SMARTS) is 2. The second kappa shape index (κ2) is 18.8. The third-order valence-electron chi connectivity index (χ3n) is 5.69. The predicted molar refractivity (Wildman–Crippen MR) is 151 cm³/mol. The summed E-state index contributed by atoms with van der Waals surface area (Å²) in [4.78, 5) is 83.5. The van der Waals surface area contributed by atoms with Gasteiger partial charge in [0.15, 0.2) is 0 Å². The van der Waals surface area contributed by atoms with Gasteiger partial charge in [0, 0.05) is 25.7 Å². The minimum absolute atomic E-state index is 0.0571. The van der Waals surface area contributed by atoms with E-state index in [0.717, 1.165) is 5.56 Å². The van der Waals surface area contributed by atoms with E-state index < -0.39 is 66.3 Å². The SMILES string of the molecule is CC(C)(C)OC(=O)[C@H](CCC(=O)N[C@@H](CCC(=O)O)C(=O)O)NC(=O)CNC(=O)CCCCC(=O)OCc1ccccc1. The molecule has 1 rings (SSSR count). The predicted octanol–water partition coefficient (Wildman–Crippen LogP) is 1.45. The van der Waals surface area contributed by atoms with Gasteiger partial charge in [-0.1, -0.05) is 30.3 Å². The number of unbranched alkanes of at least 4 members (excludes halogenated alkanes) is 1. The fraction of sp³-hybridized carbons (Fsp3) is 0.552. The van der Waals surface area contributed by atoms with Gasteiger partial charge in [-0.2, -0.15) is 0 Å². The lowest BCUT2D eigenvalue weighted by Gasteiger charge is -2.24. The number of ether oxygens (including phenoxy) is 2. The highest BCUT2D eigenvalue weighted by Gasteiger charge is 2.28. The van der Waals surface area contributed by atoms with Crippen molar-refractivity contribution >= 4 is 41.6 Å². The molecule has 0 spiro atoms. The number of nitrogens with one attached hydrogen (secondary N) is 3. The highest BCUT2D eigenvalue weighted by atomic mass is 16.6. The first-order valence-corrected chi connectivity index (χ1v) is 13.9. The Morgan fingerprint density at radius 1 is 0.767 bits per heavy atom. The van der Waals surface area contributed by atoms with Gasteiger partial charge >= 0.3 is 23.9 Å². The molecule has 43 heavy (non-hydrogen) atoms. The number of carbonyl (C=O) groups is 7. The van der Waals surface area contributed by atoms with Crippen LogP contribution in [-0.4, -0.2) is 76.0 Å². The maximum absolute atomic E-state index is 12.7. The van der Waals surface area contributed by atoms with Crippen molar-refractivity contribution in [2.45, 2.75) is 96.4 Å². The monoisotopic (exact) mass is 607 g/mol. The lowest BCUT2D eigenvalue weighted by molar-refractivity contribution is -0.159. The molecular formula is C29H41N3O11. The number of aliphatic carboxylic acids is 2. The number of hydrogen-bond acceptors (Lipinski definition) is 9. The summed E-state index contributed by atoms with van der Waals surface area (Å²) < 4.78 is 10.5. The fourth-order valence-electron chi connectivity index (χ4n) is 3.57. The van der Waals surface area contributed by atoms with E-state index in [1.165, 1.54) is 0 Å². The summed E-state index contributed by atoms with van der Waals surface area (Å²) in [7, 11) is 0. The Hall–Kier alpha value is -4.49. The summed E-state index contributed by atoms with van der Waals surface area (Å²) in [5.41, 5.74) is -0.0408. The van der Waals surface area contributed by atoms with Crippen LogP contribution >= 0.6 is 0 Å². The van der Waals surface area contributed by atoms with Crippen molar-refractivity contribution in [3.63, 3.8) is 0 Å². The third-order valence-corrected chi connectivity index (χ3v) is 5.69. The Bertz CT molecular complexity index is 1120. The zero-order chi connectivity index (χ0) is 32.4. The fourth-order valence-corrected chi connectivity index (χ4v) is 3.57. The van der Waals surface area contributed by atoms with E-state index in [1.54, 1.807) is 20.8 Å². The maximum atomic E-state index is 12.7. The average molecular weight is 608 g/mol. The van der Waals surface area contributed by atoms with E-state index in [2.05, 4.69) is 16.0 Å². The zero-order valence-electron chi connectivity index (χ0n) is 24.7. The van der Waals surface area contributed by atoms with Gasteiger partial charge in [0.25, 0.3) is 0 Å². The van der Waals surface area contributed by atoms with Crippen LogP contribution in [0.1, 0.15) is 77.7 Å². The molecular weight excluding hydrogens is 566 g/mol. The van der Waals surface area contributed by atoms with E-state index in [1.807, 2.05) is 30.3 Å². The number of carbonyl (C=O) groups excluding carboxylic acids is 5. The first-order valence-electron chi connectivity index (χ1n) is 13.9. The molecule has 3 amide bonds. The molecule has 0 aliphatic heterocycles. The smallest absolute Gasteiger partial charge is 0.329 e. The number of amides is 3. The van der Waals surface area contributed by atoms with Gasteiger partial charge in [0.1, 0.15) is 24.3 Å². The van der Waals surface area contributed by atoms with Gasteiger partial charge in [0.2, 0.25) is 17.7 Å². The van der Waals surface area contributed by atoms with Crippen molar-refractivity contribution in [2.75, 3.05) is 6.54 Å². The topological polar surface area (TPSA) is 214 Å². The van der Waals surface area contributed by atoms with Gasteiger partial charge in [0.05, 0.1) is 6.54 Å². The lowest BCUT2D eigenvalue weighted by atomic mass is 10.1. The summed E-state index contributed by atoms with van der Waals surface area (Å²) in [5, 5.41) is 25.0. The summed E-state index contributed by atoms with van der Waals surface area (Å²) >= 11 is 0. The standard InChI is InChI=1S/C29H41N3O11/c1-29(2,3)43-28(41)21(13-15-23(34)31-20(27(39)40)14-16-25(36)37)32-24(35)17-30-22(33)11-7-8-12-26(38)42-18-19-9-5-4-6-10-19/h4-6,9-10,20-21H,7-8,11-18H2,1-3H3,(H,30,33)(H,31,34)(H,32,35)(H,36,37)(H,39,40)/t20-,21-/m0/s1. The maximum Gasteiger partial charge on any atom is 0.329 e. The molecule has 0 aliphatic rings. The normalized spacial score (nSPS) is 12.3.